The highest BCUT2D eigenvalue weighted by atomic mass is 16.2. The van der Waals surface area contributed by atoms with E-state index >= 15 is 0 Å². The summed E-state index contributed by atoms with van der Waals surface area (Å²) in [5, 5.41) is 5.71. The van der Waals surface area contributed by atoms with Crippen LogP contribution in [0.15, 0.2) is 24.3 Å². The Kier molecular flexibility index (Phi) is 3.59. The second-order valence-electron chi connectivity index (χ2n) is 6.76. The van der Waals surface area contributed by atoms with Crippen molar-refractivity contribution in [1.82, 2.24) is 5.32 Å². The van der Waals surface area contributed by atoms with Crippen LogP contribution in [0.2, 0.25) is 0 Å². The second kappa shape index (κ2) is 4.93. The number of para-hydroxylation sites is 1. The van der Waals surface area contributed by atoms with Gasteiger partial charge < -0.3 is 10.6 Å². The quantitative estimate of drug-likeness (QED) is 0.870. The smallest absolute Gasteiger partial charge is 0.232 e. The fourth-order valence-electron chi connectivity index (χ4n) is 2.45. The molecule has 20 heavy (non-hydrogen) atoms. The molecule has 0 saturated carbocycles. The first-order valence-corrected chi connectivity index (χ1v) is 6.90. The minimum atomic E-state index is -0.665. The van der Waals surface area contributed by atoms with Crippen LogP contribution in [-0.4, -0.2) is 18.4 Å². The van der Waals surface area contributed by atoms with Crippen LogP contribution in [0.1, 0.15) is 39.7 Å². The number of carbonyl (C=O) groups excluding carboxylic acids is 2. The van der Waals surface area contributed by atoms with Crippen molar-refractivity contribution < 1.29 is 9.59 Å². The minimum Gasteiger partial charge on any atom is -0.355 e. The summed E-state index contributed by atoms with van der Waals surface area (Å²) in [5.74, 6) is -0.167. The number of amides is 2. The Morgan fingerprint density at radius 1 is 1.30 bits per heavy atom. The summed E-state index contributed by atoms with van der Waals surface area (Å²) in [6.45, 7) is 8.55. The first-order chi connectivity index (χ1) is 9.22. The van der Waals surface area contributed by atoms with E-state index in [-0.39, 0.29) is 23.7 Å². The van der Waals surface area contributed by atoms with Crippen LogP contribution >= 0.6 is 0 Å². The van der Waals surface area contributed by atoms with Crippen molar-refractivity contribution in [2.45, 2.75) is 39.5 Å². The minimum absolute atomic E-state index is 0.0471. The lowest BCUT2D eigenvalue weighted by Crippen LogP contribution is -2.36. The topological polar surface area (TPSA) is 58.2 Å². The Balaban J connectivity index is 2.23. The van der Waals surface area contributed by atoms with Crippen molar-refractivity contribution in [3.8, 4) is 0 Å². The molecule has 1 fully saturated rings. The molecule has 1 atom stereocenters. The zero-order valence-electron chi connectivity index (χ0n) is 12.5. The van der Waals surface area contributed by atoms with Gasteiger partial charge in [0, 0.05) is 18.7 Å². The fraction of sp³-hybridized carbons (Fsp3) is 0.500. The van der Waals surface area contributed by atoms with Crippen LogP contribution in [0, 0.1) is 5.41 Å². The molecule has 2 N–H and O–H groups in total. The summed E-state index contributed by atoms with van der Waals surface area (Å²) in [7, 11) is 0. The largest absolute Gasteiger partial charge is 0.355 e. The molecule has 2 rings (SSSR count). The fourth-order valence-corrected chi connectivity index (χ4v) is 2.45. The first kappa shape index (κ1) is 14.6. The molecule has 1 aromatic rings. The Bertz CT molecular complexity index is 546. The summed E-state index contributed by atoms with van der Waals surface area (Å²) in [5.41, 5.74) is 1.20. The molecule has 1 unspecified atom stereocenters. The van der Waals surface area contributed by atoms with E-state index in [1.54, 1.807) is 0 Å². The number of hydrogen-bond donors (Lipinski definition) is 2. The van der Waals surface area contributed by atoms with E-state index in [4.69, 9.17) is 0 Å². The van der Waals surface area contributed by atoms with Crippen molar-refractivity contribution in [3.63, 3.8) is 0 Å². The lowest BCUT2D eigenvalue weighted by atomic mass is 9.84. The molecular weight excluding hydrogens is 252 g/mol. The number of hydrogen-bond acceptors (Lipinski definition) is 2. The van der Waals surface area contributed by atoms with Crippen LogP contribution in [0.5, 0.6) is 0 Å². The normalized spacial score (nSPS) is 22.5. The van der Waals surface area contributed by atoms with Gasteiger partial charge in [-0.1, -0.05) is 39.0 Å². The van der Waals surface area contributed by atoms with Crippen molar-refractivity contribution in [2.75, 3.05) is 11.9 Å². The molecule has 0 bridgehead atoms. The van der Waals surface area contributed by atoms with Gasteiger partial charge in [-0.15, -0.1) is 0 Å². The molecule has 1 aliphatic rings. The predicted molar refractivity (Wildman–Crippen MR) is 79.5 cm³/mol. The SMILES string of the molecule is CC1(C(=O)Nc2ccccc2C(C)(C)C)CNC(=O)C1. The van der Waals surface area contributed by atoms with E-state index < -0.39 is 5.41 Å². The predicted octanol–water partition coefficient (Wildman–Crippen LogP) is 2.45. The molecule has 4 nitrogen and oxygen atoms in total. The number of nitrogens with one attached hydrogen (secondary N) is 2. The van der Waals surface area contributed by atoms with Gasteiger partial charge in [0.05, 0.1) is 5.41 Å². The third-order valence-corrected chi connectivity index (χ3v) is 3.76. The van der Waals surface area contributed by atoms with Gasteiger partial charge in [0.15, 0.2) is 0 Å². The maximum absolute atomic E-state index is 12.5. The molecule has 1 heterocycles. The van der Waals surface area contributed by atoms with Crippen LogP contribution in [0.25, 0.3) is 0 Å². The molecule has 1 aliphatic heterocycles. The van der Waals surface area contributed by atoms with E-state index in [0.29, 0.717) is 6.54 Å². The molecule has 4 heteroatoms. The van der Waals surface area contributed by atoms with Crippen LogP contribution in [0.4, 0.5) is 5.69 Å². The van der Waals surface area contributed by atoms with E-state index in [1.807, 2.05) is 31.2 Å². The Morgan fingerprint density at radius 2 is 1.95 bits per heavy atom. The molecule has 1 saturated heterocycles. The lowest BCUT2D eigenvalue weighted by Gasteiger charge is -2.26. The molecule has 0 aliphatic carbocycles. The van der Waals surface area contributed by atoms with Gasteiger partial charge in [0.25, 0.3) is 0 Å². The molecular formula is C16H22N2O2. The molecule has 108 valence electrons. The van der Waals surface area contributed by atoms with E-state index in [0.717, 1.165) is 11.3 Å². The summed E-state index contributed by atoms with van der Waals surface area (Å²) < 4.78 is 0. The number of benzene rings is 1. The van der Waals surface area contributed by atoms with Gasteiger partial charge in [-0.05, 0) is 24.0 Å². The average molecular weight is 274 g/mol. The maximum Gasteiger partial charge on any atom is 0.232 e. The highest BCUT2D eigenvalue weighted by molar-refractivity contribution is 6.00. The Morgan fingerprint density at radius 3 is 2.50 bits per heavy atom. The highest BCUT2D eigenvalue weighted by Gasteiger charge is 2.41. The number of carbonyl (C=O) groups is 2. The van der Waals surface area contributed by atoms with Crippen molar-refractivity contribution in [3.05, 3.63) is 29.8 Å². The van der Waals surface area contributed by atoms with Gasteiger partial charge in [-0.3, -0.25) is 9.59 Å². The molecule has 0 spiro atoms. The van der Waals surface area contributed by atoms with Crippen LogP contribution in [0.3, 0.4) is 0 Å². The summed E-state index contributed by atoms with van der Waals surface area (Å²) in [6.07, 6.45) is 0.247. The standard InChI is InChI=1S/C16H22N2O2/c1-15(2,3)11-7-5-6-8-12(11)18-14(20)16(4)9-13(19)17-10-16/h5-8H,9-10H2,1-4H3,(H,17,19)(H,18,20). The Hall–Kier alpha value is -1.84. The third-order valence-electron chi connectivity index (χ3n) is 3.76. The Labute approximate surface area is 119 Å². The van der Waals surface area contributed by atoms with Gasteiger partial charge in [0.2, 0.25) is 11.8 Å². The molecule has 2 amide bonds. The molecule has 0 radical (unpaired) electrons. The summed E-state index contributed by atoms with van der Waals surface area (Å²) in [4.78, 5) is 23.8. The molecule has 0 aromatic heterocycles. The van der Waals surface area contributed by atoms with Crippen molar-refractivity contribution in [2.24, 2.45) is 5.41 Å². The second-order valence-corrected chi connectivity index (χ2v) is 6.76. The first-order valence-electron chi connectivity index (χ1n) is 6.90. The van der Waals surface area contributed by atoms with Crippen molar-refractivity contribution >= 4 is 17.5 Å². The van der Waals surface area contributed by atoms with Gasteiger partial charge in [0.1, 0.15) is 0 Å². The summed E-state index contributed by atoms with van der Waals surface area (Å²) in [6, 6.07) is 7.81. The monoisotopic (exact) mass is 274 g/mol. The van der Waals surface area contributed by atoms with Crippen molar-refractivity contribution in [1.29, 1.82) is 0 Å². The average Bonchev–Trinajstić information content (AvgIpc) is 2.70. The van der Waals surface area contributed by atoms with Crippen LogP contribution < -0.4 is 10.6 Å². The van der Waals surface area contributed by atoms with Gasteiger partial charge in [-0.2, -0.15) is 0 Å². The number of anilines is 1. The number of rotatable bonds is 2. The highest BCUT2D eigenvalue weighted by Crippen LogP contribution is 2.32. The third kappa shape index (κ3) is 2.84. The summed E-state index contributed by atoms with van der Waals surface area (Å²) >= 11 is 0. The maximum atomic E-state index is 12.5. The van der Waals surface area contributed by atoms with E-state index in [9.17, 15) is 9.59 Å². The van der Waals surface area contributed by atoms with E-state index in [2.05, 4.69) is 31.4 Å². The van der Waals surface area contributed by atoms with Gasteiger partial charge in [-0.25, -0.2) is 0 Å². The van der Waals surface area contributed by atoms with Crippen LogP contribution in [-0.2, 0) is 15.0 Å². The zero-order chi connectivity index (χ0) is 15.0. The van der Waals surface area contributed by atoms with Gasteiger partial charge >= 0.3 is 0 Å². The molecule has 1 aromatic carbocycles. The zero-order valence-corrected chi connectivity index (χ0v) is 12.5. The van der Waals surface area contributed by atoms with E-state index in [1.165, 1.54) is 0 Å². The lowest BCUT2D eigenvalue weighted by molar-refractivity contribution is -0.126.